The molecule has 0 aliphatic heterocycles. The smallest absolute Gasteiger partial charge is 0.182 e. The molecule has 3 rings (SSSR count). The van der Waals surface area contributed by atoms with E-state index in [4.69, 9.17) is 5.73 Å². The molecule has 0 unspecified atom stereocenters. The van der Waals surface area contributed by atoms with Gasteiger partial charge in [-0.2, -0.15) is 0 Å². The fourth-order valence-electron chi connectivity index (χ4n) is 1.96. The molecule has 0 aliphatic carbocycles. The topological polar surface area (TPSA) is 121 Å². The molecule has 0 saturated heterocycles. The second-order valence-corrected chi connectivity index (χ2v) is 7.48. The van der Waals surface area contributed by atoms with Gasteiger partial charge in [0.2, 0.25) is 0 Å². The summed E-state index contributed by atoms with van der Waals surface area (Å²) < 4.78 is 36.7. The van der Waals surface area contributed by atoms with Crippen LogP contribution in [0.25, 0.3) is 21.6 Å². The van der Waals surface area contributed by atoms with Gasteiger partial charge >= 0.3 is 0 Å². The summed E-state index contributed by atoms with van der Waals surface area (Å²) in [7, 11) is -3.58. The van der Waals surface area contributed by atoms with Gasteiger partial charge in [0.15, 0.2) is 15.0 Å². The van der Waals surface area contributed by atoms with Crippen LogP contribution in [-0.4, -0.2) is 24.6 Å². The molecule has 116 valence electrons. The van der Waals surface area contributed by atoms with Crippen LogP contribution >= 0.6 is 11.3 Å². The molecule has 9 heteroatoms. The predicted octanol–water partition coefficient (Wildman–Crippen LogP) is 2.65. The Morgan fingerprint density at radius 2 is 1.91 bits per heavy atom. The summed E-state index contributed by atoms with van der Waals surface area (Å²) in [5.41, 5.74) is 7.31. The molecule has 0 aliphatic rings. The molecule has 0 bridgehead atoms. The third kappa shape index (κ3) is 2.91. The highest BCUT2D eigenvalue weighted by Gasteiger charge is 2.15. The Kier molecular flexibility index (Phi) is 4.14. The summed E-state index contributed by atoms with van der Waals surface area (Å²) in [5.74, 6) is -0.791. The third-order valence-electron chi connectivity index (χ3n) is 2.90. The number of thiazole rings is 1. The minimum Gasteiger partial charge on any atom is -0.375 e. The zero-order valence-electron chi connectivity index (χ0n) is 11.6. The number of benzene rings is 1. The summed E-state index contributed by atoms with van der Waals surface area (Å²) in [4.78, 5) is 8.78. The van der Waals surface area contributed by atoms with E-state index in [1.165, 1.54) is 23.5 Å². The van der Waals surface area contributed by atoms with Crippen LogP contribution < -0.4 is 11.9 Å². The van der Waals surface area contributed by atoms with Gasteiger partial charge in [0.1, 0.15) is 21.1 Å². The maximum atomic E-state index is 13.9. The number of nitrogen functional groups attached to an aromatic ring is 1. The lowest BCUT2D eigenvalue weighted by atomic mass is 10.1. The van der Waals surface area contributed by atoms with Gasteiger partial charge in [-0.1, -0.05) is 17.4 Å². The number of hydrogen-bond acceptors (Lipinski definition) is 7. The number of nitrogens with zero attached hydrogens (tertiary/aromatic N) is 2. The van der Waals surface area contributed by atoms with Crippen LogP contribution in [0, 0.1) is 5.82 Å². The van der Waals surface area contributed by atoms with Crippen molar-refractivity contribution in [1.82, 2.24) is 16.1 Å². The lowest BCUT2D eigenvalue weighted by Gasteiger charge is -2.04. The molecule has 0 atom stereocenters. The zero-order chi connectivity index (χ0) is 15.2. The van der Waals surface area contributed by atoms with Crippen molar-refractivity contribution in [1.29, 1.82) is 0 Å². The molecular weight excluding hydrogens is 327 g/mol. The van der Waals surface area contributed by atoms with E-state index in [0.717, 1.165) is 12.3 Å². The average Bonchev–Trinajstić information content (AvgIpc) is 2.76. The van der Waals surface area contributed by atoms with Crippen LogP contribution in [0.1, 0.15) is 0 Å². The summed E-state index contributed by atoms with van der Waals surface area (Å²) in [6, 6.07) is 7.36. The van der Waals surface area contributed by atoms with Crippen molar-refractivity contribution in [3.8, 4) is 11.3 Å². The first-order valence-electron chi connectivity index (χ1n) is 5.87. The molecule has 0 amide bonds. The summed E-state index contributed by atoms with van der Waals surface area (Å²) in [6.45, 7) is 0. The van der Waals surface area contributed by atoms with E-state index >= 15 is 0 Å². The van der Waals surface area contributed by atoms with Crippen molar-refractivity contribution in [3.05, 3.63) is 36.1 Å². The maximum absolute atomic E-state index is 13.9. The Morgan fingerprint density at radius 1 is 1.18 bits per heavy atom. The summed E-state index contributed by atoms with van der Waals surface area (Å²) in [6.07, 6.45) is 0.968. The lowest BCUT2D eigenvalue weighted by Crippen LogP contribution is -2.00. The zero-order valence-corrected chi connectivity index (χ0v) is 13.2. The quantitative estimate of drug-likeness (QED) is 0.739. The fourth-order valence-corrected chi connectivity index (χ4v) is 3.39. The Morgan fingerprint density at radius 3 is 2.55 bits per heavy atom. The average molecular weight is 340 g/mol. The number of halogens is 1. The van der Waals surface area contributed by atoms with E-state index < -0.39 is 15.7 Å². The number of nitrogens with two attached hydrogens (primary N) is 1. The minimum absolute atomic E-state index is 0. The Labute approximate surface area is 130 Å². The van der Waals surface area contributed by atoms with E-state index in [-0.39, 0.29) is 11.0 Å². The Hall–Kier alpha value is -2.10. The SMILES string of the molecule is CS(=O)(=O)c1ccc(-c2ccc3nc(N)sc3n2)cc1F.N. The first-order valence-corrected chi connectivity index (χ1v) is 8.58. The van der Waals surface area contributed by atoms with Crippen LogP contribution in [0.4, 0.5) is 9.52 Å². The normalized spacial score (nSPS) is 11.4. The molecule has 6 nitrogen and oxygen atoms in total. The van der Waals surface area contributed by atoms with Gasteiger partial charge in [-0.15, -0.1) is 0 Å². The van der Waals surface area contributed by atoms with Crippen LogP contribution in [0.2, 0.25) is 0 Å². The highest BCUT2D eigenvalue weighted by atomic mass is 32.2. The first-order chi connectivity index (χ1) is 9.84. The third-order valence-corrected chi connectivity index (χ3v) is 4.82. The minimum atomic E-state index is -3.58. The van der Waals surface area contributed by atoms with Gasteiger partial charge in [-0.25, -0.2) is 22.8 Å². The molecule has 2 heterocycles. The van der Waals surface area contributed by atoms with Crippen molar-refractivity contribution in [2.24, 2.45) is 0 Å². The van der Waals surface area contributed by atoms with E-state index in [2.05, 4.69) is 9.97 Å². The molecular formula is C13H13FN4O2S2. The van der Waals surface area contributed by atoms with Crippen LogP contribution in [-0.2, 0) is 9.84 Å². The molecule has 2 aromatic heterocycles. The van der Waals surface area contributed by atoms with Gasteiger partial charge in [0, 0.05) is 11.8 Å². The number of hydrogen-bond donors (Lipinski definition) is 2. The number of sulfone groups is 1. The number of fused-ring (bicyclic) bond motifs is 1. The van der Waals surface area contributed by atoms with Crippen LogP contribution in [0.5, 0.6) is 0 Å². The molecule has 1 aromatic carbocycles. The van der Waals surface area contributed by atoms with E-state index in [1.54, 1.807) is 12.1 Å². The van der Waals surface area contributed by atoms with E-state index in [0.29, 0.717) is 26.7 Å². The Bertz CT molecular complexity index is 954. The molecule has 0 fully saturated rings. The van der Waals surface area contributed by atoms with Gasteiger partial charge < -0.3 is 11.9 Å². The predicted molar refractivity (Wildman–Crippen MR) is 85.4 cm³/mol. The lowest BCUT2D eigenvalue weighted by molar-refractivity contribution is 0.571. The second kappa shape index (κ2) is 5.59. The summed E-state index contributed by atoms with van der Waals surface area (Å²) >= 11 is 1.24. The number of anilines is 1. The molecule has 0 saturated carbocycles. The number of aromatic nitrogens is 2. The van der Waals surface area contributed by atoms with Crippen molar-refractivity contribution in [2.75, 3.05) is 12.0 Å². The molecule has 0 radical (unpaired) electrons. The van der Waals surface area contributed by atoms with Gasteiger partial charge in [0.05, 0.1) is 5.69 Å². The van der Waals surface area contributed by atoms with E-state index in [9.17, 15) is 12.8 Å². The van der Waals surface area contributed by atoms with Gasteiger partial charge in [-0.05, 0) is 24.3 Å². The maximum Gasteiger partial charge on any atom is 0.182 e. The molecule has 5 N–H and O–H groups in total. The van der Waals surface area contributed by atoms with Crippen molar-refractivity contribution < 1.29 is 12.8 Å². The van der Waals surface area contributed by atoms with Crippen LogP contribution in [0.3, 0.4) is 0 Å². The van der Waals surface area contributed by atoms with Crippen molar-refractivity contribution >= 4 is 36.7 Å². The molecule has 3 aromatic rings. The summed E-state index contributed by atoms with van der Waals surface area (Å²) in [5, 5.41) is 0.410. The Balaban J connectivity index is 0.00000176. The standard InChI is InChI=1S/C13H10FN3O2S2.H3N/c1-21(18,19)11-5-2-7(6-8(11)14)9-3-4-10-12(16-9)20-13(15)17-10;/h2-6H,1H3,(H2,15,17);1H3. The number of pyridine rings is 1. The molecule has 0 spiro atoms. The second-order valence-electron chi connectivity index (χ2n) is 4.49. The van der Waals surface area contributed by atoms with Crippen LogP contribution in [0.15, 0.2) is 35.2 Å². The van der Waals surface area contributed by atoms with Crippen molar-refractivity contribution in [3.63, 3.8) is 0 Å². The van der Waals surface area contributed by atoms with E-state index in [1.807, 2.05) is 0 Å². The highest BCUT2D eigenvalue weighted by molar-refractivity contribution is 7.90. The van der Waals surface area contributed by atoms with Crippen molar-refractivity contribution in [2.45, 2.75) is 4.90 Å². The highest BCUT2D eigenvalue weighted by Crippen LogP contribution is 2.27. The van der Waals surface area contributed by atoms with Gasteiger partial charge in [0.25, 0.3) is 0 Å². The molecule has 22 heavy (non-hydrogen) atoms. The monoisotopic (exact) mass is 340 g/mol. The number of rotatable bonds is 2. The first kappa shape index (κ1) is 16.3. The largest absolute Gasteiger partial charge is 0.375 e. The fraction of sp³-hybridized carbons (Fsp3) is 0.0769. The van der Waals surface area contributed by atoms with Gasteiger partial charge in [-0.3, -0.25) is 0 Å².